The average Bonchev–Trinajstić information content (AvgIpc) is 3.32. The number of amides is 2. The van der Waals surface area contributed by atoms with Crippen LogP contribution < -0.4 is 0 Å². The topological polar surface area (TPSA) is 55.2 Å². The van der Waals surface area contributed by atoms with Crippen LogP contribution in [0, 0.1) is 0 Å². The molecule has 0 aliphatic carbocycles. The lowest BCUT2D eigenvalue weighted by molar-refractivity contribution is 0.0651. The minimum atomic E-state index is -0.164. The predicted octanol–water partition coefficient (Wildman–Crippen LogP) is 5.98. The average molecular weight is 460 g/mol. The van der Waals surface area contributed by atoms with Gasteiger partial charge in [-0.3, -0.25) is 14.5 Å². The molecule has 2 heterocycles. The van der Waals surface area contributed by atoms with Gasteiger partial charge < -0.3 is 4.57 Å². The fourth-order valence-electron chi connectivity index (χ4n) is 4.45. The van der Waals surface area contributed by atoms with Gasteiger partial charge in [-0.1, -0.05) is 67.4 Å². The second-order valence-electron chi connectivity index (χ2n) is 8.16. The molecule has 0 bridgehead atoms. The number of hydrogen-bond donors (Lipinski definition) is 0. The van der Waals surface area contributed by atoms with E-state index in [-0.39, 0.29) is 24.2 Å². The Bertz CT molecular complexity index is 1250. The molecule has 0 radical (unpaired) electrons. The molecular weight excluding hydrogens is 434 g/mol. The smallest absolute Gasteiger partial charge is 0.261 e. The number of aryl methyl sites for hydroxylation is 1. The van der Waals surface area contributed by atoms with Crippen molar-refractivity contribution in [1.29, 1.82) is 0 Å². The van der Waals surface area contributed by atoms with Gasteiger partial charge in [-0.2, -0.15) is 0 Å². The normalized spacial score (nSPS) is 12.8. The van der Waals surface area contributed by atoms with Crippen molar-refractivity contribution in [3.05, 3.63) is 90.0 Å². The summed E-state index contributed by atoms with van der Waals surface area (Å²) in [7, 11) is 0. The Labute approximate surface area is 199 Å². The first-order chi connectivity index (χ1) is 15.7. The first kappa shape index (κ1) is 22.7. The third-order valence-corrected chi connectivity index (χ3v) is 6.08. The molecule has 0 saturated carbocycles. The van der Waals surface area contributed by atoms with Gasteiger partial charge >= 0.3 is 0 Å². The van der Waals surface area contributed by atoms with E-state index < -0.39 is 0 Å². The minimum absolute atomic E-state index is 0. The molecule has 1 aliphatic heterocycles. The van der Waals surface area contributed by atoms with Crippen molar-refractivity contribution in [3.63, 3.8) is 0 Å². The van der Waals surface area contributed by atoms with Crippen LogP contribution >= 0.6 is 12.4 Å². The van der Waals surface area contributed by atoms with E-state index in [0.717, 1.165) is 54.6 Å². The molecule has 6 heteroatoms. The minimum Gasteiger partial charge on any atom is -0.324 e. The Morgan fingerprint density at radius 2 is 1.21 bits per heavy atom. The maximum atomic E-state index is 12.5. The highest BCUT2D eigenvalue weighted by molar-refractivity contribution is 6.21. The number of imidazole rings is 1. The maximum Gasteiger partial charge on any atom is 0.261 e. The number of rotatable bonds is 8. The highest BCUT2D eigenvalue weighted by Gasteiger charge is 2.34. The largest absolute Gasteiger partial charge is 0.324 e. The predicted molar refractivity (Wildman–Crippen MR) is 133 cm³/mol. The van der Waals surface area contributed by atoms with Crippen molar-refractivity contribution in [1.82, 2.24) is 14.5 Å². The lowest BCUT2D eigenvalue weighted by Crippen LogP contribution is -2.30. The van der Waals surface area contributed by atoms with Crippen molar-refractivity contribution < 1.29 is 9.59 Å². The van der Waals surface area contributed by atoms with E-state index in [0.29, 0.717) is 17.7 Å². The van der Waals surface area contributed by atoms with Crippen LogP contribution in [-0.4, -0.2) is 32.8 Å². The summed E-state index contributed by atoms with van der Waals surface area (Å²) in [4.78, 5) is 31.2. The molecular formula is C27H26ClN3O2. The number of para-hydroxylation sites is 2. The van der Waals surface area contributed by atoms with Gasteiger partial charge in [0.2, 0.25) is 0 Å². The zero-order chi connectivity index (χ0) is 21.9. The van der Waals surface area contributed by atoms with Crippen molar-refractivity contribution in [3.8, 4) is 11.4 Å². The molecule has 168 valence electrons. The summed E-state index contributed by atoms with van der Waals surface area (Å²) in [5.41, 5.74) is 4.33. The van der Waals surface area contributed by atoms with Crippen LogP contribution in [0.1, 0.15) is 46.4 Å². The Balaban J connectivity index is 0.00000259. The number of benzene rings is 3. The molecule has 4 aromatic rings. The number of unbranched alkanes of at least 4 members (excludes halogenated alkanes) is 3. The van der Waals surface area contributed by atoms with Crippen molar-refractivity contribution in [2.24, 2.45) is 0 Å². The van der Waals surface area contributed by atoms with E-state index in [1.807, 2.05) is 24.3 Å². The lowest BCUT2D eigenvalue weighted by atomic mass is 10.1. The molecule has 2 amide bonds. The highest BCUT2D eigenvalue weighted by Crippen LogP contribution is 2.26. The number of aromatic nitrogens is 2. The van der Waals surface area contributed by atoms with Gasteiger partial charge in [-0.05, 0) is 37.1 Å². The lowest BCUT2D eigenvalue weighted by Gasteiger charge is -2.13. The number of nitrogens with zero attached hydrogens (tertiary/aromatic N) is 3. The number of imide groups is 1. The third kappa shape index (κ3) is 4.41. The Morgan fingerprint density at radius 3 is 1.91 bits per heavy atom. The number of fused-ring (bicyclic) bond motifs is 2. The van der Waals surface area contributed by atoms with Gasteiger partial charge in [-0.25, -0.2) is 4.98 Å². The molecule has 0 atom stereocenters. The maximum absolute atomic E-state index is 12.5. The van der Waals surface area contributed by atoms with Crippen LogP contribution in [0.15, 0.2) is 78.9 Å². The fourth-order valence-corrected chi connectivity index (χ4v) is 4.45. The Morgan fingerprint density at radius 1 is 0.636 bits per heavy atom. The highest BCUT2D eigenvalue weighted by atomic mass is 35.5. The molecule has 33 heavy (non-hydrogen) atoms. The van der Waals surface area contributed by atoms with Gasteiger partial charge in [0.15, 0.2) is 0 Å². The van der Waals surface area contributed by atoms with Crippen LogP contribution in [-0.2, 0) is 6.54 Å². The first-order valence-electron chi connectivity index (χ1n) is 11.2. The van der Waals surface area contributed by atoms with Crippen LogP contribution in [0.3, 0.4) is 0 Å². The van der Waals surface area contributed by atoms with E-state index >= 15 is 0 Å². The van der Waals surface area contributed by atoms with Gasteiger partial charge in [0, 0.05) is 18.7 Å². The van der Waals surface area contributed by atoms with E-state index in [4.69, 9.17) is 4.98 Å². The zero-order valence-electron chi connectivity index (χ0n) is 18.3. The fraction of sp³-hybridized carbons (Fsp3) is 0.222. The molecule has 1 aromatic heterocycles. The van der Waals surface area contributed by atoms with Gasteiger partial charge in [-0.15, -0.1) is 12.4 Å². The van der Waals surface area contributed by atoms with Crippen molar-refractivity contribution in [2.75, 3.05) is 6.54 Å². The van der Waals surface area contributed by atoms with E-state index in [9.17, 15) is 9.59 Å². The molecule has 0 saturated heterocycles. The summed E-state index contributed by atoms with van der Waals surface area (Å²) >= 11 is 0. The third-order valence-electron chi connectivity index (χ3n) is 6.08. The number of carbonyl (C=O) groups excluding carboxylic acids is 2. The van der Waals surface area contributed by atoms with Gasteiger partial charge in [0.1, 0.15) is 5.82 Å². The van der Waals surface area contributed by atoms with Gasteiger partial charge in [0.05, 0.1) is 22.2 Å². The zero-order valence-corrected chi connectivity index (χ0v) is 19.1. The standard InChI is InChI=1S/C27H25N3O2.ClH/c31-26-21-14-6-7-15-22(21)27(32)30(26)19-11-2-1-10-18-29-24-17-9-8-16-23(24)28-25(29)20-12-4-3-5-13-20;/h3-9,12-17H,1-2,10-11,18-19H2;1H. The summed E-state index contributed by atoms with van der Waals surface area (Å²) in [6, 6.07) is 25.6. The summed E-state index contributed by atoms with van der Waals surface area (Å²) in [6.07, 6.45) is 3.84. The molecule has 0 unspecified atom stereocenters. The monoisotopic (exact) mass is 459 g/mol. The second-order valence-corrected chi connectivity index (χ2v) is 8.16. The molecule has 0 fully saturated rings. The summed E-state index contributed by atoms with van der Waals surface area (Å²) in [5, 5.41) is 0. The van der Waals surface area contributed by atoms with Crippen LogP contribution in [0.4, 0.5) is 0 Å². The molecule has 1 aliphatic rings. The van der Waals surface area contributed by atoms with Crippen LogP contribution in [0.5, 0.6) is 0 Å². The molecule has 5 rings (SSSR count). The summed E-state index contributed by atoms with van der Waals surface area (Å²) in [6.45, 7) is 1.37. The van der Waals surface area contributed by atoms with Crippen molar-refractivity contribution in [2.45, 2.75) is 32.2 Å². The number of halogens is 1. The SMILES string of the molecule is Cl.O=C1c2ccccc2C(=O)N1CCCCCCn1c(-c2ccccc2)nc2ccccc21. The van der Waals surface area contributed by atoms with Crippen LogP contribution in [0.25, 0.3) is 22.4 Å². The Kier molecular flexibility index (Phi) is 6.90. The number of carbonyl (C=O) groups is 2. The van der Waals surface area contributed by atoms with E-state index in [1.165, 1.54) is 4.90 Å². The molecule has 0 N–H and O–H groups in total. The summed E-state index contributed by atoms with van der Waals surface area (Å²) in [5.74, 6) is 0.670. The summed E-state index contributed by atoms with van der Waals surface area (Å²) < 4.78 is 2.30. The second kappa shape index (κ2) is 10.0. The molecule has 5 nitrogen and oxygen atoms in total. The van der Waals surface area contributed by atoms with Gasteiger partial charge in [0.25, 0.3) is 11.8 Å². The Hall–Kier alpha value is -3.44. The number of hydrogen-bond acceptors (Lipinski definition) is 3. The van der Waals surface area contributed by atoms with E-state index in [2.05, 4.69) is 34.9 Å². The van der Waals surface area contributed by atoms with E-state index in [1.54, 1.807) is 24.3 Å². The molecule has 0 spiro atoms. The first-order valence-corrected chi connectivity index (χ1v) is 11.2. The quantitative estimate of drug-likeness (QED) is 0.240. The van der Waals surface area contributed by atoms with Crippen LogP contribution in [0.2, 0.25) is 0 Å². The van der Waals surface area contributed by atoms with Crippen molar-refractivity contribution >= 4 is 35.3 Å². The molecule has 3 aromatic carbocycles.